The van der Waals surface area contributed by atoms with Gasteiger partial charge in [0.05, 0.1) is 10.7 Å². The van der Waals surface area contributed by atoms with Crippen LogP contribution in [0.3, 0.4) is 0 Å². The van der Waals surface area contributed by atoms with Crippen LogP contribution in [0, 0.1) is 6.92 Å². The van der Waals surface area contributed by atoms with Crippen molar-refractivity contribution < 1.29 is 0 Å². The summed E-state index contributed by atoms with van der Waals surface area (Å²) >= 11 is 13.9. The minimum Gasteiger partial charge on any atom is -0.309 e. The molecule has 1 aromatic heterocycles. The summed E-state index contributed by atoms with van der Waals surface area (Å²) in [5.74, 6) is 0. The van der Waals surface area contributed by atoms with Gasteiger partial charge in [-0.05, 0) is 45.0 Å². The zero-order chi connectivity index (χ0) is 14.7. The van der Waals surface area contributed by atoms with Gasteiger partial charge in [-0.3, -0.25) is 0 Å². The lowest BCUT2D eigenvalue weighted by Gasteiger charge is -2.11. The highest BCUT2D eigenvalue weighted by molar-refractivity contribution is 7.15. The molecule has 2 aromatic rings. The third kappa shape index (κ3) is 3.53. The van der Waals surface area contributed by atoms with E-state index >= 15 is 0 Å². The van der Waals surface area contributed by atoms with E-state index in [-0.39, 0.29) is 0 Å². The smallest absolute Gasteiger partial charge is 0.125 e. The number of aryl methyl sites for hydroxylation is 1. The minimum absolute atomic E-state index is 0.312. The monoisotopic (exact) mass is 328 g/mol. The van der Waals surface area contributed by atoms with Gasteiger partial charge in [-0.1, -0.05) is 30.1 Å². The molecule has 2 rings (SSSR count). The van der Waals surface area contributed by atoms with Crippen LogP contribution in [-0.2, 0) is 0 Å². The Labute approximate surface area is 134 Å². The van der Waals surface area contributed by atoms with E-state index < -0.39 is 0 Å². The minimum atomic E-state index is 0.312. The Hall–Kier alpha value is -0.610. The molecule has 0 aliphatic carbocycles. The predicted molar refractivity (Wildman–Crippen MR) is 89.0 cm³/mol. The topological polar surface area (TPSA) is 24.9 Å². The summed E-state index contributed by atoms with van der Waals surface area (Å²) in [6.45, 7) is 7.39. The number of hydrogen-bond acceptors (Lipinski definition) is 3. The molecule has 1 heterocycles. The lowest BCUT2D eigenvalue weighted by atomic mass is 10.2. The molecule has 1 aromatic carbocycles. The molecule has 0 saturated heterocycles. The van der Waals surface area contributed by atoms with Crippen LogP contribution < -0.4 is 5.32 Å². The molecule has 1 atom stereocenters. The number of nitrogens with zero attached hydrogens (tertiary/aromatic N) is 1. The van der Waals surface area contributed by atoms with Crippen LogP contribution in [0.25, 0.3) is 10.6 Å². The van der Waals surface area contributed by atoms with E-state index in [0.717, 1.165) is 29.2 Å². The predicted octanol–water partition coefficient (Wildman–Crippen LogP) is 5.49. The molecular weight excluding hydrogens is 311 g/mol. The second-order valence-electron chi connectivity index (χ2n) is 4.77. The fourth-order valence-corrected chi connectivity index (χ4v) is 3.73. The maximum atomic E-state index is 6.26. The summed E-state index contributed by atoms with van der Waals surface area (Å²) in [4.78, 5) is 5.91. The molecule has 1 unspecified atom stereocenters. The average Bonchev–Trinajstić information content (AvgIpc) is 2.78. The summed E-state index contributed by atoms with van der Waals surface area (Å²) < 4.78 is 0. The zero-order valence-electron chi connectivity index (χ0n) is 11.8. The number of hydrogen-bond donors (Lipinski definition) is 1. The first-order valence-electron chi connectivity index (χ1n) is 6.69. The number of thiazole rings is 1. The van der Waals surface area contributed by atoms with Crippen LogP contribution >= 0.6 is 34.5 Å². The van der Waals surface area contributed by atoms with E-state index in [1.165, 1.54) is 4.88 Å². The first-order valence-corrected chi connectivity index (χ1v) is 8.26. The third-order valence-electron chi connectivity index (χ3n) is 3.09. The van der Waals surface area contributed by atoms with Gasteiger partial charge in [-0.25, -0.2) is 4.98 Å². The Morgan fingerprint density at radius 3 is 2.75 bits per heavy atom. The van der Waals surface area contributed by atoms with Crippen LogP contribution in [0.4, 0.5) is 0 Å². The van der Waals surface area contributed by atoms with Gasteiger partial charge in [-0.15, -0.1) is 11.3 Å². The van der Waals surface area contributed by atoms with Gasteiger partial charge in [0.15, 0.2) is 0 Å². The highest BCUT2D eigenvalue weighted by Crippen LogP contribution is 2.36. The van der Waals surface area contributed by atoms with Crippen molar-refractivity contribution in [3.63, 3.8) is 0 Å². The second-order valence-corrected chi connectivity index (χ2v) is 6.64. The van der Waals surface area contributed by atoms with Crippen LogP contribution in [0.1, 0.15) is 36.9 Å². The average molecular weight is 329 g/mol. The van der Waals surface area contributed by atoms with Gasteiger partial charge < -0.3 is 5.32 Å². The van der Waals surface area contributed by atoms with E-state index in [1.54, 1.807) is 17.4 Å². The van der Waals surface area contributed by atoms with E-state index in [0.29, 0.717) is 16.1 Å². The van der Waals surface area contributed by atoms with E-state index in [9.17, 15) is 0 Å². The van der Waals surface area contributed by atoms with Gasteiger partial charge in [0, 0.05) is 21.5 Å². The maximum Gasteiger partial charge on any atom is 0.125 e. The zero-order valence-corrected chi connectivity index (χ0v) is 14.2. The van der Waals surface area contributed by atoms with Crippen molar-refractivity contribution >= 4 is 34.5 Å². The Morgan fingerprint density at radius 2 is 2.10 bits per heavy atom. The molecule has 5 heteroatoms. The molecule has 0 aliphatic rings. The molecule has 0 fully saturated rings. The number of halogens is 2. The molecule has 0 bridgehead atoms. The molecule has 0 amide bonds. The Morgan fingerprint density at radius 1 is 1.35 bits per heavy atom. The van der Waals surface area contributed by atoms with Crippen molar-refractivity contribution in [2.24, 2.45) is 0 Å². The number of rotatable bonds is 5. The molecule has 20 heavy (non-hydrogen) atoms. The van der Waals surface area contributed by atoms with Crippen molar-refractivity contribution in [3.8, 4) is 10.6 Å². The molecule has 2 nitrogen and oxygen atoms in total. The van der Waals surface area contributed by atoms with Crippen molar-refractivity contribution in [2.75, 3.05) is 6.54 Å². The first kappa shape index (κ1) is 15.8. The highest BCUT2D eigenvalue weighted by atomic mass is 35.5. The highest BCUT2D eigenvalue weighted by Gasteiger charge is 2.16. The summed E-state index contributed by atoms with van der Waals surface area (Å²) in [7, 11) is 0. The largest absolute Gasteiger partial charge is 0.309 e. The summed E-state index contributed by atoms with van der Waals surface area (Å²) in [5.41, 5.74) is 2.00. The normalized spacial score (nSPS) is 12.7. The third-order valence-corrected chi connectivity index (χ3v) is 5.01. The van der Waals surface area contributed by atoms with Gasteiger partial charge in [0.25, 0.3) is 0 Å². The maximum absolute atomic E-state index is 6.26. The standard InChI is InChI=1S/C15H18Cl2N2S/c1-4-7-18-9(2)14-10(3)19-15(20-14)12-6-5-11(16)8-13(12)17/h5-6,8-9,18H,4,7H2,1-3H3. The van der Waals surface area contributed by atoms with Crippen molar-refractivity contribution in [3.05, 3.63) is 38.8 Å². The second kappa shape index (κ2) is 6.90. The molecule has 0 spiro atoms. The SMILES string of the molecule is CCCNC(C)c1sc(-c2ccc(Cl)cc2Cl)nc1C. The fourth-order valence-electron chi connectivity index (χ4n) is 2.04. The molecule has 0 radical (unpaired) electrons. The Kier molecular flexibility index (Phi) is 5.44. The van der Waals surface area contributed by atoms with Crippen molar-refractivity contribution in [2.45, 2.75) is 33.2 Å². The van der Waals surface area contributed by atoms with Crippen LogP contribution in [0.2, 0.25) is 10.0 Å². The first-order chi connectivity index (χ1) is 9.52. The fraction of sp³-hybridized carbons (Fsp3) is 0.400. The molecule has 1 N–H and O–H groups in total. The van der Waals surface area contributed by atoms with Crippen LogP contribution in [-0.4, -0.2) is 11.5 Å². The summed E-state index contributed by atoms with van der Waals surface area (Å²) in [6, 6.07) is 5.84. The van der Waals surface area contributed by atoms with Crippen molar-refractivity contribution in [1.29, 1.82) is 0 Å². The van der Waals surface area contributed by atoms with Gasteiger partial charge >= 0.3 is 0 Å². The number of benzene rings is 1. The Bertz CT molecular complexity index is 596. The quantitative estimate of drug-likeness (QED) is 0.785. The summed E-state index contributed by atoms with van der Waals surface area (Å²) in [6.07, 6.45) is 1.12. The van der Waals surface area contributed by atoms with Crippen molar-refractivity contribution in [1.82, 2.24) is 10.3 Å². The van der Waals surface area contributed by atoms with Crippen LogP contribution in [0.5, 0.6) is 0 Å². The lowest BCUT2D eigenvalue weighted by Crippen LogP contribution is -2.18. The summed E-state index contributed by atoms with van der Waals surface area (Å²) in [5, 5.41) is 5.73. The Balaban J connectivity index is 2.30. The van der Waals surface area contributed by atoms with Gasteiger partial charge in [-0.2, -0.15) is 0 Å². The molecular formula is C15H18Cl2N2S. The van der Waals surface area contributed by atoms with Crippen LogP contribution in [0.15, 0.2) is 18.2 Å². The van der Waals surface area contributed by atoms with Gasteiger partial charge in [0.1, 0.15) is 5.01 Å². The molecule has 0 saturated carbocycles. The van der Waals surface area contributed by atoms with E-state index in [1.807, 2.05) is 19.1 Å². The van der Waals surface area contributed by atoms with Gasteiger partial charge in [0.2, 0.25) is 0 Å². The molecule has 0 aliphatic heterocycles. The number of nitrogens with one attached hydrogen (secondary N) is 1. The number of aromatic nitrogens is 1. The molecule has 108 valence electrons. The lowest BCUT2D eigenvalue weighted by molar-refractivity contribution is 0.575. The van der Waals surface area contributed by atoms with E-state index in [4.69, 9.17) is 23.2 Å². The van der Waals surface area contributed by atoms with E-state index in [2.05, 4.69) is 24.1 Å².